The molecule has 0 fully saturated rings. The second-order valence-corrected chi connectivity index (χ2v) is 4.14. The van der Waals surface area contributed by atoms with Crippen molar-refractivity contribution in [3.8, 4) is 0 Å². The second kappa shape index (κ2) is 5.84. The molecule has 0 aromatic rings. The van der Waals surface area contributed by atoms with Gasteiger partial charge in [0.05, 0.1) is 6.61 Å². The van der Waals surface area contributed by atoms with Gasteiger partial charge in [-0.1, -0.05) is 34.3 Å². The number of esters is 1. The van der Waals surface area contributed by atoms with Gasteiger partial charge in [-0.3, -0.25) is 0 Å². The molecule has 0 aliphatic carbocycles. The van der Waals surface area contributed by atoms with E-state index in [0.717, 1.165) is 0 Å². The molecule has 0 N–H and O–H groups in total. The first kappa shape index (κ1) is 13.2. The Hall–Kier alpha value is -0.790. The van der Waals surface area contributed by atoms with Crippen molar-refractivity contribution in [3.05, 3.63) is 12.2 Å². The van der Waals surface area contributed by atoms with E-state index in [1.165, 1.54) is 0 Å². The second-order valence-electron chi connectivity index (χ2n) is 4.14. The van der Waals surface area contributed by atoms with Crippen LogP contribution < -0.4 is 0 Å². The zero-order chi connectivity index (χ0) is 11.3. The van der Waals surface area contributed by atoms with E-state index in [0.29, 0.717) is 24.0 Å². The summed E-state index contributed by atoms with van der Waals surface area (Å²) in [5.41, 5.74) is 0.591. The maximum atomic E-state index is 11.4. The zero-order valence-corrected chi connectivity index (χ0v) is 9.96. The van der Waals surface area contributed by atoms with Crippen LogP contribution in [0.2, 0.25) is 0 Å². The monoisotopic (exact) mass is 198 g/mol. The molecule has 0 spiro atoms. The molecule has 0 heterocycles. The third-order valence-corrected chi connectivity index (χ3v) is 2.93. The van der Waals surface area contributed by atoms with E-state index in [1.54, 1.807) is 0 Å². The smallest absolute Gasteiger partial charge is 0.333 e. The molecule has 0 saturated carbocycles. The van der Waals surface area contributed by atoms with Crippen LogP contribution in [0.3, 0.4) is 0 Å². The summed E-state index contributed by atoms with van der Waals surface area (Å²) < 4.78 is 4.92. The molecule has 2 atom stereocenters. The van der Waals surface area contributed by atoms with Gasteiger partial charge in [-0.25, -0.2) is 4.79 Å². The van der Waals surface area contributed by atoms with Gasteiger partial charge >= 0.3 is 5.97 Å². The van der Waals surface area contributed by atoms with Crippen LogP contribution in [0.4, 0.5) is 0 Å². The van der Waals surface area contributed by atoms with Gasteiger partial charge in [-0.15, -0.1) is 0 Å². The summed E-state index contributed by atoms with van der Waals surface area (Å²) >= 11 is 0. The maximum Gasteiger partial charge on any atom is 0.333 e. The summed E-state index contributed by atoms with van der Waals surface area (Å²) in [4.78, 5) is 11.4. The summed E-state index contributed by atoms with van der Waals surface area (Å²) in [6.07, 6.45) is 0. The quantitative estimate of drug-likeness (QED) is 0.501. The van der Waals surface area contributed by atoms with Crippen LogP contribution in [0.1, 0.15) is 34.6 Å². The largest absolute Gasteiger partial charge is 0.463 e. The Kier molecular flexibility index (Phi) is 5.51. The van der Waals surface area contributed by atoms with Crippen LogP contribution in [0.25, 0.3) is 0 Å². The molecule has 0 aliphatic heterocycles. The first-order chi connectivity index (χ1) is 6.41. The molecule has 2 heteroatoms. The van der Waals surface area contributed by atoms with Crippen molar-refractivity contribution in [1.82, 2.24) is 0 Å². The van der Waals surface area contributed by atoms with Crippen LogP contribution in [-0.4, -0.2) is 12.6 Å². The van der Waals surface area contributed by atoms with Gasteiger partial charge in [0.15, 0.2) is 0 Å². The summed E-state index contributed by atoms with van der Waals surface area (Å²) in [6.45, 7) is 14.5. The predicted molar refractivity (Wildman–Crippen MR) is 58.9 cm³/mol. The minimum atomic E-state index is -0.257. The number of carbonyl (C=O) groups is 1. The number of carbonyl (C=O) groups excluding carboxylic acids is 1. The van der Waals surface area contributed by atoms with E-state index in [1.807, 2.05) is 13.8 Å². The Labute approximate surface area is 87.3 Å². The summed E-state index contributed by atoms with van der Waals surface area (Å²) in [6, 6.07) is 0. The normalized spacial score (nSPS) is 15.0. The fourth-order valence-electron chi connectivity index (χ4n) is 1.30. The van der Waals surface area contributed by atoms with Gasteiger partial charge < -0.3 is 4.74 Å². The molecule has 0 bridgehead atoms. The third-order valence-electron chi connectivity index (χ3n) is 2.93. The van der Waals surface area contributed by atoms with Crippen LogP contribution in [0.5, 0.6) is 0 Å². The molecule has 0 rings (SSSR count). The lowest BCUT2D eigenvalue weighted by molar-refractivity contribution is -0.139. The average molecular weight is 198 g/mol. The first-order valence-electron chi connectivity index (χ1n) is 5.27. The Balaban J connectivity index is 4.31. The highest BCUT2D eigenvalue weighted by Gasteiger charge is 2.23. The van der Waals surface area contributed by atoms with Crippen molar-refractivity contribution in [2.75, 3.05) is 6.61 Å². The lowest BCUT2D eigenvalue weighted by Gasteiger charge is -2.24. The van der Waals surface area contributed by atoms with Gasteiger partial charge in [-0.05, 0) is 24.7 Å². The Morgan fingerprint density at radius 2 is 1.79 bits per heavy atom. The summed E-state index contributed by atoms with van der Waals surface area (Å²) in [5.74, 6) is 0.935. The molecule has 0 aromatic carbocycles. The standard InChI is InChI=1S/C12H22O2/c1-7-14-12(13)11(6)10(5)9(4)8(2)3/h8-10H,6-7H2,1-5H3. The Morgan fingerprint density at radius 1 is 1.29 bits per heavy atom. The molecule has 0 aromatic heterocycles. The lowest BCUT2D eigenvalue weighted by Crippen LogP contribution is -2.21. The van der Waals surface area contributed by atoms with Crippen LogP contribution >= 0.6 is 0 Å². The van der Waals surface area contributed by atoms with Crippen molar-refractivity contribution in [2.45, 2.75) is 34.6 Å². The SMILES string of the molecule is C=C(C(=O)OCC)C(C)C(C)C(C)C. The highest BCUT2D eigenvalue weighted by Crippen LogP contribution is 2.26. The van der Waals surface area contributed by atoms with Crippen molar-refractivity contribution < 1.29 is 9.53 Å². The van der Waals surface area contributed by atoms with Crippen molar-refractivity contribution in [1.29, 1.82) is 0 Å². The van der Waals surface area contributed by atoms with Crippen LogP contribution in [0, 0.1) is 17.8 Å². The van der Waals surface area contributed by atoms with Crippen LogP contribution in [0.15, 0.2) is 12.2 Å². The summed E-state index contributed by atoms with van der Waals surface area (Å²) in [5, 5.41) is 0. The van der Waals surface area contributed by atoms with E-state index >= 15 is 0 Å². The minimum Gasteiger partial charge on any atom is -0.463 e. The van der Waals surface area contributed by atoms with E-state index in [2.05, 4.69) is 27.4 Å². The summed E-state index contributed by atoms with van der Waals surface area (Å²) in [7, 11) is 0. The average Bonchev–Trinajstić information content (AvgIpc) is 2.14. The molecule has 2 unspecified atom stereocenters. The van der Waals surface area contributed by atoms with Crippen molar-refractivity contribution >= 4 is 5.97 Å². The predicted octanol–water partition coefficient (Wildman–Crippen LogP) is 3.03. The highest BCUT2D eigenvalue weighted by molar-refractivity contribution is 5.88. The molecule has 0 saturated heterocycles. The van der Waals surface area contributed by atoms with Gasteiger partial charge in [0, 0.05) is 5.57 Å². The third kappa shape index (κ3) is 3.52. The Morgan fingerprint density at radius 3 is 2.14 bits per heavy atom. The molecule has 14 heavy (non-hydrogen) atoms. The van der Waals surface area contributed by atoms with Crippen molar-refractivity contribution in [2.24, 2.45) is 17.8 Å². The van der Waals surface area contributed by atoms with Gasteiger partial charge in [0.2, 0.25) is 0 Å². The highest BCUT2D eigenvalue weighted by atomic mass is 16.5. The number of ether oxygens (including phenoxy) is 1. The van der Waals surface area contributed by atoms with Gasteiger partial charge in [-0.2, -0.15) is 0 Å². The fourth-order valence-corrected chi connectivity index (χ4v) is 1.30. The molecule has 82 valence electrons. The van der Waals surface area contributed by atoms with Crippen LogP contribution in [-0.2, 0) is 9.53 Å². The number of hydrogen-bond acceptors (Lipinski definition) is 2. The number of hydrogen-bond donors (Lipinski definition) is 0. The minimum absolute atomic E-state index is 0.189. The zero-order valence-electron chi connectivity index (χ0n) is 9.96. The van der Waals surface area contributed by atoms with E-state index < -0.39 is 0 Å². The van der Waals surface area contributed by atoms with Gasteiger partial charge in [0.25, 0.3) is 0 Å². The van der Waals surface area contributed by atoms with E-state index in [-0.39, 0.29) is 11.9 Å². The topological polar surface area (TPSA) is 26.3 Å². The number of rotatable bonds is 5. The van der Waals surface area contributed by atoms with E-state index in [4.69, 9.17) is 4.74 Å². The molecule has 0 radical (unpaired) electrons. The van der Waals surface area contributed by atoms with Gasteiger partial charge in [0.1, 0.15) is 0 Å². The molecule has 0 aliphatic rings. The first-order valence-corrected chi connectivity index (χ1v) is 5.27. The molecular weight excluding hydrogens is 176 g/mol. The lowest BCUT2D eigenvalue weighted by atomic mass is 9.82. The molecule has 0 amide bonds. The molecular formula is C12H22O2. The van der Waals surface area contributed by atoms with E-state index in [9.17, 15) is 4.79 Å². The van der Waals surface area contributed by atoms with Crippen molar-refractivity contribution in [3.63, 3.8) is 0 Å². The Bertz CT molecular complexity index is 206. The molecule has 2 nitrogen and oxygen atoms in total. The maximum absolute atomic E-state index is 11.4. The fraction of sp³-hybridized carbons (Fsp3) is 0.750.